The first-order valence-electron chi connectivity index (χ1n) is 42.6. The molecule has 0 saturated carbocycles. The number of carboxylic acids is 1. The highest BCUT2D eigenvalue weighted by Crippen LogP contribution is 2.21. The number of amides is 17. The Kier molecular flexibility index (Phi) is 47.1. The summed E-state index contributed by atoms with van der Waals surface area (Å²) in [5, 5.41) is 81.3. The monoisotopic (exact) mass is 1870 g/mol. The standard InChI is InChI=1S/C86H123N21O22S2/c1-46(2)33-55(89)74(116)94-40-68(112)92-41-69(113)95-47(3)73(115)93-42-70(114)96-65(44-130)83(125)98-57(29-17-19-31-87)75(117)102-63(38-67(90)111)80(122)100-59(34-50-21-9-6-10-22-50)77(119)99-60(35-51-23-11-7-12-24-51)78(120)101-62(37-53-39-91-56-28-16-15-27-54(53)56)79(121)97-58(30-18-20-32-88)76(118)106-71(48(4)109)84(126)103-61(36-52-25-13-8-14-26-52)81(123)107-72(49(5)110)85(127)104-64(43-108)82(124)105-66(45-131)86(128)129/h6-16,21-28,39,46-49,55,57-66,71-72,91,108-110,130-131H,17-20,29-38,40-45,87-89H2,1-5H3,(H2,90,111)(H,92,112)(H,93,115)(H,94,116)(H,95,113)(H,96,114)(H,97,121)(H,98,125)(H,99,119)(H,100,122)(H,101,120)(H,102,117)(H,103,126)(H,104,127)(H,105,124)(H,106,118)(H,107,123)(H,128,129)/t47-,48+,49+,55-,57-,58-,59-,60-,61-,62-,63-,64-,65-,66-,71-,72-/m0/s1. The van der Waals surface area contributed by atoms with E-state index in [4.69, 9.17) is 22.9 Å². The quantitative estimate of drug-likeness (QED) is 0.0127. The van der Waals surface area contributed by atoms with Gasteiger partial charge in [-0.2, -0.15) is 25.3 Å². The van der Waals surface area contributed by atoms with Crippen molar-refractivity contribution in [1.82, 2.24) is 90.1 Å². The maximum Gasteiger partial charge on any atom is 0.327 e. The third kappa shape index (κ3) is 38.1. The number of H-pyrrole nitrogens is 1. The second kappa shape index (κ2) is 56.7. The Hall–Kier alpha value is -12.7. The molecule has 0 aliphatic carbocycles. The molecule has 131 heavy (non-hydrogen) atoms. The van der Waals surface area contributed by atoms with Crippen molar-refractivity contribution >= 4 is 143 Å². The lowest BCUT2D eigenvalue weighted by molar-refractivity contribution is -0.142. The topological polar surface area (TPSA) is 701 Å². The predicted octanol–water partition coefficient (Wildman–Crippen LogP) is -6.69. The van der Waals surface area contributed by atoms with E-state index in [-0.39, 0.29) is 88.3 Å². The van der Waals surface area contributed by atoms with Crippen molar-refractivity contribution in [1.29, 1.82) is 0 Å². The summed E-state index contributed by atoms with van der Waals surface area (Å²) in [5.41, 5.74) is 25.7. The van der Waals surface area contributed by atoms with Crippen LogP contribution in [0.5, 0.6) is 0 Å². The number of primary amides is 1. The summed E-state index contributed by atoms with van der Waals surface area (Å²) in [6.07, 6.45) is -3.05. The third-order valence-electron chi connectivity index (χ3n) is 20.4. The Bertz CT molecular complexity index is 4670. The third-order valence-corrected chi connectivity index (χ3v) is 21.1. The fourth-order valence-corrected chi connectivity index (χ4v) is 13.7. The molecule has 17 amide bonds. The highest BCUT2D eigenvalue weighted by atomic mass is 32.1. The van der Waals surface area contributed by atoms with Gasteiger partial charge in [-0.1, -0.05) is 123 Å². The van der Waals surface area contributed by atoms with Gasteiger partial charge in [0.25, 0.3) is 0 Å². The minimum Gasteiger partial charge on any atom is -0.480 e. The average molecular weight is 1870 g/mol. The Morgan fingerprint density at radius 3 is 1.18 bits per heavy atom. The van der Waals surface area contributed by atoms with Crippen molar-refractivity contribution in [3.05, 3.63) is 144 Å². The van der Waals surface area contributed by atoms with Crippen molar-refractivity contribution < 1.29 is 107 Å². The fraction of sp³-hybridized carbons (Fsp3) is 0.488. The molecule has 0 radical (unpaired) electrons. The summed E-state index contributed by atoms with van der Waals surface area (Å²) < 4.78 is 0. The lowest BCUT2D eigenvalue weighted by Gasteiger charge is -2.29. The van der Waals surface area contributed by atoms with Crippen molar-refractivity contribution in [3.63, 3.8) is 0 Å². The minimum atomic E-state index is -1.93. The molecule has 5 aromatic rings. The Balaban J connectivity index is 1.40. The van der Waals surface area contributed by atoms with Crippen molar-refractivity contribution in [2.45, 2.75) is 208 Å². The zero-order chi connectivity index (χ0) is 97.0. The number of aliphatic hydroxyl groups is 3. The van der Waals surface area contributed by atoms with Crippen LogP contribution in [-0.4, -0.2) is 279 Å². The number of nitrogens with two attached hydrogens (primary N) is 4. The number of carbonyl (C=O) groups is 18. The maximum absolute atomic E-state index is 15.4. The maximum atomic E-state index is 15.4. The van der Waals surface area contributed by atoms with Crippen LogP contribution in [0.4, 0.5) is 0 Å². The number of aliphatic carboxylic acids is 1. The highest BCUT2D eigenvalue weighted by Gasteiger charge is 2.40. The number of benzene rings is 4. The van der Waals surface area contributed by atoms with E-state index in [9.17, 15) is 92.3 Å². The molecule has 0 saturated heterocycles. The summed E-state index contributed by atoms with van der Waals surface area (Å²) in [7, 11) is 0. The van der Waals surface area contributed by atoms with E-state index < -0.39 is 236 Å². The molecule has 0 aliphatic rings. The molecule has 0 unspecified atom stereocenters. The average Bonchev–Trinajstić information content (AvgIpc) is 1.62. The number of unbranched alkanes of at least 4 members (excludes halogenated alkanes) is 2. The molecule has 0 aliphatic heterocycles. The molecule has 1 heterocycles. The van der Waals surface area contributed by atoms with Gasteiger partial charge in [-0.15, -0.1) is 0 Å². The van der Waals surface area contributed by atoms with E-state index in [0.717, 1.165) is 13.8 Å². The van der Waals surface area contributed by atoms with Crippen molar-refractivity contribution in [3.8, 4) is 0 Å². The van der Waals surface area contributed by atoms with Gasteiger partial charge in [-0.25, -0.2) is 4.79 Å². The molecule has 16 atom stereocenters. The van der Waals surface area contributed by atoms with Gasteiger partial charge < -0.3 is 133 Å². The van der Waals surface area contributed by atoms with Crippen LogP contribution in [0.15, 0.2) is 121 Å². The van der Waals surface area contributed by atoms with E-state index in [1.807, 2.05) is 13.8 Å². The molecule has 4 aromatic carbocycles. The largest absolute Gasteiger partial charge is 0.480 e. The zero-order valence-electron chi connectivity index (χ0n) is 73.3. The molecule has 0 bridgehead atoms. The van der Waals surface area contributed by atoms with Crippen LogP contribution in [0.1, 0.15) is 108 Å². The SMILES string of the molecule is CC(C)C[C@H](N)C(=O)NCC(=O)NCC(=O)N[C@@H](C)C(=O)NCC(=O)N[C@@H](CS)C(=O)N[C@@H](CCCCN)C(=O)N[C@@H](CC(N)=O)C(=O)N[C@@H](Cc1ccccc1)C(=O)N[C@@H](Cc1ccccc1)C(=O)N[C@@H](Cc1c[nH]c2ccccc12)C(=O)N[C@@H](CCCCN)C(=O)N[C@H](C(=O)N[C@@H](Cc1ccccc1)C(=O)N[C@H](C(=O)N[C@@H](CO)C(=O)N[C@@H](CS)C(=O)O)[C@@H](C)O)[C@@H](C)O. The molecule has 29 N–H and O–H groups in total. The first kappa shape index (κ1) is 109. The van der Waals surface area contributed by atoms with E-state index in [2.05, 4.69) is 115 Å². The smallest absolute Gasteiger partial charge is 0.327 e. The van der Waals surface area contributed by atoms with Gasteiger partial charge in [0.1, 0.15) is 78.5 Å². The number of hydrogen-bond acceptors (Lipinski definition) is 26. The molecule has 43 nitrogen and oxygen atoms in total. The van der Waals surface area contributed by atoms with Crippen LogP contribution < -0.4 is 108 Å². The molecule has 1 aromatic heterocycles. The second-order valence-electron chi connectivity index (χ2n) is 31.6. The number of rotatable bonds is 58. The van der Waals surface area contributed by atoms with Gasteiger partial charge in [0.05, 0.1) is 50.9 Å². The summed E-state index contributed by atoms with van der Waals surface area (Å²) >= 11 is 8.12. The summed E-state index contributed by atoms with van der Waals surface area (Å²) in [6.45, 7) is 4.62. The number of aliphatic hydroxyl groups excluding tert-OH is 3. The predicted molar refractivity (Wildman–Crippen MR) is 485 cm³/mol. The number of carbonyl (C=O) groups excluding carboxylic acids is 17. The van der Waals surface area contributed by atoms with E-state index in [1.165, 1.54) is 6.92 Å². The summed E-state index contributed by atoms with van der Waals surface area (Å²) in [5.74, 6) is -19.1. The van der Waals surface area contributed by atoms with Crippen molar-refractivity contribution in [2.24, 2.45) is 28.9 Å². The number of hydrogen-bond donors (Lipinski definition) is 27. The molecular weight excluding hydrogens is 1740 g/mol. The van der Waals surface area contributed by atoms with Crippen LogP contribution >= 0.6 is 25.3 Å². The highest BCUT2D eigenvalue weighted by molar-refractivity contribution is 7.80. The van der Waals surface area contributed by atoms with Crippen LogP contribution in [0.25, 0.3) is 10.9 Å². The van der Waals surface area contributed by atoms with Crippen LogP contribution in [0, 0.1) is 5.92 Å². The number of aromatic amines is 1. The van der Waals surface area contributed by atoms with E-state index >= 15 is 14.4 Å². The number of thiol groups is 2. The van der Waals surface area contributed by atoms with Crippen molar-refractivity contribution in [2.75, 3.05) is 50.8 Å². The molecule has 45 heteroatoms. The second-order valence-corrected chi connectivity index (χ2v) is 32.4. The molecule has 0 fully saturated rings. The zero-order valence-corrected chi connectivity index (χ0v) is 75.1. The van der Waals surface area contributed by atoms with Crippen LogP contribution in [0.2, 0.25) is 0 Å². The van der Waals surface area contributed by atoms with Gasteiger partial charge in [0.15, 0.2) is 0 Å². The van der Waals surface area contributed by atoms with Crippen LogP contribution in [-0.2, 0) is 112 Å². The summed E-state index contributed by atoms with van der Waals surface area (Å²) in [4.78, 5) is 251. The van der Waals surface area contributed by atoms with E-state index in [1.54, 1.807) is 121 Å². The minimum absolute atomic E-state index is 0.109. The Labute approximate surface area is 767 Å². The number of fused-ring (bicyclic) bond motifs is 1. The lowest BCUT2D eigenvalue weighted by Crippen LogP contribution is -2.63. The Morgan fingerprint density at radius 1 is 0.382 bits per heavy atom. The van der Waals surface area contributed by atoms with Gasteiger partial charge in [-0.05, 0) is 113 Å². The lowest BCUT2D eigenvalue weighted by atomic mass is 10.00. The summed E-state index contributed by atoms with van der Waals surface area (Å²) in [6, 6.07) is 9.02. The number of aromatic nitrogens is 1. The number of para-hydroxylation sites is 1. The van der Waals surface area contributed by atoms with Gasteiger partial charge in [0, 0.05) is 54.3 Å². The normalized spacial score (nSPS) is 14.8. The number of carboxylic acid groups (broad SMARTS) is 1. The molecule has 716 valence electrons. The first-order valence-corrected chi connectivity index (χ1v) is 43.8. The molecule has 0 spiro atoms. The van der Waals surface area contributed by atoms with Gasteiger partial charge >= 0.3 is 5.97 Å². The van der Waals surface area contributed by atoms with Crippen LogP contribution in [0.3, 0.4) is 0 Å². The Morgan fingerprint density at radius 2 is 0.740 bits per heavy atom. The first-order chi connectivity index (χ1) is 62.3. The van der Waals surface area contributed by atoms with E-state index in [0.29, 0.717) is 46.0 Å². The van der Waals surface area contributed by atoms with Gasteiger partial charge in [0.2, 0.25) is 100 Å². The number of nitrogens with one attached hydrogen (secondary N) is 17. The van der Waals surface area contributed by atoms with Gasteiger partial charge in [-0.3, -0.25) is 81.5 Å². The molecule has 5 rings (SSSR count). The molecular formula is C86H123N21O22S2. The fourth-order valence-electron chi connectivity index (χ4n) is 13.2.